The number of rotatable bonds is 16. The van der Waals surface area contributed by atoms with Crippen LogP contribution in [0.1, 0.15) is 85.9 Å². The predicted molar refractivity (Wildman–Crippen MR) is 257 cm³/mol. The Hall–Kier alpha value is -4.87. The molecule has 1 aliphatic carbocycles. The summed E-state index contributed by atoms with van der Waals surface area (Å²) in [7, 11) is -1.76. The largest absolute Gasteiger partial charge is 0.469 e. The maximum Gasteiger partial charge on any atom is 0.469 e. The number of aromatic nitrogens is 5. The molecule has 0 saturated carbocycles. The van der Waals surface area contributed by atoms with Crippen LogP contribution in [-0.4, -0.2) is 95.8 Å². The number of pyridine rings is 1. The van der Waals surface area contributed by atoms with Gasteiger partial charge in [0.05, 0.1) is 39.0 Å². The third-order valence-electron chi connectivity index (χ3n) is 10.6. The lowest BCUT2D eigenvalue weighted by molar-refractivity contribution is -0.143. The second-order valence-electron chi connectivity index (χ2n) is 16.5. The average molecular weight is 1120 g/mol. The van der Waals surface area contributed by atoms with E-state index in [2.05, 4.69) is 31.9 Å². The van der Waals surface area contributed by atoms with Crippen molar-refractivity contribution in [3.05, 3.63) is 93.0 Å². The van der Waals surface area contributed by atoms with E-state index in [1.165, 1.54) is 47.3 Å². The molecule has 0 saturated heterocycles. The summed E-state index contributed by atoms with van der Waals surface area (Å²) >= 11 is 9.20. The SMILES string of the molecule is CO.CSN(C)c1nn(CC(F)(F)F)c2c(-c3ccc(C#CC(C)(C)SC)nc3C(Cc3cc(F)cc(F)c3)NC(=O)Cn3nc(C(F)(F)F)c4c3C(F)(F)C[C@@H]4C)ccc(Cl)c12.O=CCCCOP(=O)(O)O. The topological polar surface area (TPSA) is 185 Å². The molecular formula is C45H49ClF10N7O7PS2. The number of alkyl halides is 8. The van der Waals surface area contributed by atoms with Crippen molar-refractivity contribution in [2.24, 2.45) is 0 Å². The molecule has 28 heteroatoms. The fraction of sp³-hybridized carbons (Fsp3) is 0.444. The summed E-state index contributed by atoms with van der Waals surface area (Å²) < 4.78 is 161. The number of halogens is 11. The molecule has 2 aromatic carbocycles. The van der Waals surface area contributed by atoms with Crippen LogP contribution < -0.4 is 9.62 Å². The second kappa shape index (κ2) is 24.7. The maximum absolute atomic E-state index is 15.3. The van der Waals surface area contributed by atoms with Gasteiger partial charge in [-0.3, -0.25) is 18.7 Å². The number of phosphoric ester groups is 1. The van der Waals surface area contributed by atoms with Crippen LogP contribution in [0.25, 0.3) is 22.0 Å². The van der Waals surface area contributed by atoms with Crippen molar-refractivity contribution < 1.29 is 77.5 Å². The summed E-state index contributed by atoms with van der Waals surface area (Å²) in [6.45, 7) is 2.06. The van der Waals surface area contributed by atoms with Gasteiger partial charge in [0, 0.05) is 56.0 Å². The summed E-state index contributed by atoms with van der Waals surface area (Å²) in [5, 5.41) is 17.4. The number of aldehydes is 1. The molecule has 400 valence electrons. The zero-order valence-electron chi connectivity index (χ0n) is 39.8. The Kier molecular flexibility index (Phi) is 20.5. The van der Waals surface area contributed by atoms with Gasteiger partial charge in [-0.2, -0.15) is 45.3 Å². The highest BCUT2D eigenvalue weighted by Gasteiger charge is 2.53. The van der Waals surface area contributed by atoms with E-state index in [0.717, 1.165) is 31.2 Å². The lowest BCUT2D eigenvalue weighted by Crippen LogP contribution is -2.35. The highest BCUT2D eigenvalue weighted by atomic mass is 35.5. The van der Waals surface area contributed by atoms with Gasteiger partial charge in [0.15, 0.2) is 11.5 Å². The fourth-order valence-corrected chi connectivity index (χ4v) is 8.57. The molecule has 0 bridgehead atoms. The number of carbonyl (C=O) groups excluding carboxylic acids is 2. The lowest BCUT2D eigenvalue weighted by Gasteiger charge is -2.23. The van der Waals surface area contributed by atoms with Crippen LogP contribution in [0, 0.1) is 23.5 Å². The van der Waals surface area contributed by atoms with Crippen molar-refractivity contribution in [2.45, 2.75) is 94.5 Å². The van der Waals surface area contributed by atoms with Gasteiger partial charge in [0.25, 0.3) is 5.92 Å². The van der Waals surface area contributed by atoms with E-state index >= 15 is 8.78 Å². The molecule has 6 rings (SSSR count). The Morgan fingerprint density at radius 3 is 2.23 bits per heavy atom. The van der Waals surface area contributed by atoms with Crippen LogP contribution in [0.3, 0.4) is 0 Å². The van der Waals surface area contributed by atoms with Gasteiger partial charge in [-0.1, -0.05) is 42.5 Å². The molecule has 1 aliphatic rings. The van der Waals surface area contributed by atoms with E-state index < -0.39 is 103 Å². The van der Waals surface area contributed by atoms with Crippen molar-refractivity contribution in [1.29, 1.82) is 0 Å². The van der Waals surface area contributed by atoms with Crippen LogP contribution >= 0.6 is 43.1 Å². The number of nitrogens with one attached hydrogen (secondary N) is 1. The minimum absolute atomic E-state index is 0.0376. The van der Waals surface area contributed by atoms with Crippen LogP contribution in [0.2, 0.25) is 5.02 Å². The number of aliphatic hydroxyl groups is 1. The van der Waals surface area contributed by atoms with Gasteiger partial charge in [-0.05, 0) is 80.7 Å². The number of aliphatic hydroxyl groups excluding tert-OH is 1. The fourth-order valence-electron chi connectivity index (χ4n) is 7.52. The number of hydrogen-bond donors (Lipinski definition) is 4. The van der Waals surface area contributed by atoms with E-state index in [1.807, 2.05) is 20.1 Å². The molecule has 73 heavy (non-hydrogen) atoms. The van der Waals surface area contributed by atoms with Crippen molar-refractivity contribution in [3.63, 3.8) is 0 Å². The zero-order valence-corrected chi connectivity index (χ0v) is 43.1. The Morgan fingerprint density at radius 2 is 1.67 bits per heavy atom. The predicted octanol–water partition coefficient (Wildman–Crippen LogP) is 10.4. The van der Waals surface area contributed by atoms with E-state index in [9.17, 15) is 49.3 Å². The molecule has 2 atom stereocenters. The quantitative estimate of drug-likeness (QED) is 0.0183. The molecule has 0 fully saturated rings. The van der Waals surface area contributed by atoms with Crippen LogP contribution in [0.5, 0.6) is 0 Å². The van der Waals surface area contributed by atoms with Gasteiger partial charge in [-0.15, -0.1) is 11.8 Å². The van der Waals surface area contributed by atoms with Crippen LogP contribution in [-0.2, 0) is 50.3 Å². The number of anilines is 1. The maximum atomic E-state index is 15.3. The zero-order chi connectivity index (χ0) is 55.0. The first-order chi connectivity index (χ1) is 33.9. The number of hydrogen-bond acceptors (Lipinski definition) is 11. The van der Waals surface area contributed by atoms with Crippen molar-refractivity contribution in [3.8, 4) is 23.0 Å². The Morgan fingerprint density at radius 1 is 1.04 bits per heavy atom. The second-order valence-corrected chi connectivity index (χ2v) is 20.5. The van der Waals surface area contributed by atoms with Crippen molar-refractivity contribution >= 4 is 72.0 Å². The Bertz CT molecular complexity index is 2870. The molecule has 0 radical (unpaired) electrons. The van der Waals surface area contributed by atoms with Gasteiger partial charge in [-0.25, -0.2) is 18.3 Å². The van der Waals surface area contributed by atoms with E-state index in [1.54, 1.807) is 13.3 Å². The third kappa shape index (κ3) is 16.1. The molecule has 0 aliphatic heterocycles. The summed E-state index contributed by atoms with van der Waals surface area (Å²) in [5.41, 5.74) is -3.42. The Labute approximate surface area is 426 Å². The number of thioether (sulfide) groups is 1. The average Bonchev–Trinajstić information content (AvgIpc) is 3.94. The van der Waals surface area contributed by atoms with Crippen molar-refractivity contribution in [1.82, 2.24) is 29.9 Å². The first-order valence-electron chi connectivity index (χ1n) is 21.4. The lowest BCUT2D eigenvalue weighted by atomic mass is 9.93. The van der Waals surface area contributed by atoms with Gasteiger partial charge >= 0.3 is 20.2 Å². The van der Waals surface area contributed by atoms with E-state index in [-0.39, 0.29) is 62.8 Å². The standard InChI is InChI=1S/C40H36ClF10N7OS2.C4H9O5P.CH4O/c1-20-17-38(44,45)35-30(20)34(40(49,50)51)54-57(35)18-29(59)53-28(15-21-13-22(42)16-23(43)14-21)32-25(8-7-24(52-32)11-12-37(2,3)60-5)26-9-10-27(41)31-33(26)58(19-39(46,47)48)55-36(31)56(4)61-6;5-3-1-2-4-9-10(6,7)8;1-2/h7-10,13-14,16,20,28H,15,17-19H2,1-6H3,(H,53,59);3H,1-2,4H2,(H2,6,7,8);2H,1H3/t20-,28?;;/m0../s1. The Balaban J connectivity index is 0.000000860. The third-order valence-corrected chi connectivity index (χ3v) is 13.3. The number of nitrogens with zero attached hydrogens (tertiary/aromatic N) is 6. The summed E-state index contributed by atoms with van der Waals surface area (Å²) in [6.07, 6.45) is -6.57. The number of fused-ring (bicyclic) bond motifs is 2. The molecule has 14 nitrogen and oxygen atoms in total. The summed E-state index contributed by atoms with van der Waals surface area (Å²) in [6, 6.07) is 6.77. The van der Waals surface area contributed by atoms with Crippen LogP contribution in [0.4, 0.5) is 49.7 Å². The van der Waals surface area contributed by atoms with Crippen molar-refractivity contribution in [2.75, 3.05) is 37.6 Å². The molecule has 1 unspecified atom stereocenters. The number of benzene rings is 2. The molecule has 0 spiro atoms. The number of amides is 1. The smallest absolute Gasteiger partial charge is 0.400 e. The molecule has 1 amide bonds. The molecular weight excluding hydrogens is 1070 g/mol. The first kappa shape index (κ1) is 60.7. The number of carbonyl (C=O) groups is 2. The monoisotopic (exact) mass is 1120 g/mol. The summed E-state index contributed by atoms with van der Waals surface area (Å²) in [5.74, 6) is -2.12. The minimum atomic E-state index is -5.14. The van der Waals surface area contributed by atoms with E-state index in [4.69, 9.17) is 31.5 Å². The van der Waals surface area contributed by atoms with Crippen LogP contribution in [0.15, 0.2) is 42.5 Å². The number of phosphoric acid groups is 1. The molecule has 4 N–H and O–H groups in total. The minimum Gasteiger partial charge on any atom is -0.400 e. The highest BCUT2D eigenvalue weighted by Crippen LogP contribution is 2.52. The van der Waals surface area contributed by atoms with Gasteiger partial charge in [0.1, 0.15) is 42.4 Å². The summed E-state index contributed by atoms with van der Waals surface area (Å²) in [4.78, 5) is 44.7. The molecule has 3 aromatic heterocycles. The first-order valence-corrected chi connectivity index (χ1v) is 25.7. The normalized spacial score (nSPS) is 14.8. The molecule has 3 heterocycles. The molecule has 5 aromatic rings. The van der Waals surface area contributed by atoms with E-state index in [0.29, 0.717) is 28.1 Å². The van der Waals surface area contributed by atoms with Gasteiger partial charge < -0.3 is 29.3 Å². The number of unbranched alkanes of at least 4 members (excludes halogenated alkanes) is 1. The van der Waals surface area contributed by atoms with Gasteiger partial charge in [0.2, 0.25) is 5.91 Å². The highest BCUT2D eigenvalue weighted by molar-refractivity contribution is 8.00.